The summed E-state index contributed by atoms with van der Waals surface area (Å²) in [6.45, 7) is 7.97. The minimum atomic E-state index is 0. The van der Waals surface area contributed by atoms with E-state index < -0.39 is 0 Å². The number of benzene rings is 1. The van der Waals surface area contributed by atoms with Gasteiger partial charge in [-0.2, -0.15) is 0 Å². The molecule has 1 aromatic rings. The van der Waals surface area contributed by atoms with Gasteiger partial charge in [0.05, 0.1) is 0 Å². The topological polar surface area (TPSA) is 20.2 Å². The summed E-state index contributed by atoms with van der Waals surface area (Å²) in [5.74, 6) is 0.438. The first-order chi connectivity index (χ1) is 5.04. The third-order valence-corrected chi connectivity index (χ3v) is 2.32. The van der Waals surface area contributed by atoms with E-state index in [2.05, 4.69) is 6.92 Å². The summed E-state index contributed by atoms with van der Waals surface area (Å²) in [4.78, 5) is 0. The van der Waals surface area contributed by atoms with E-state index in [-0.39, 0.29) is 29.6 Å². The van der Waals surface area contributed by atoms with Crippen LogP contribution in [-0.4, -0.2) is 5.11 Å². The van der Waals surface area contributed by atoms with Crippen molar-refractivity contribution >= 4 is 0 Å². The van der Waals surface area contributed by atoms with Gasteiger partial charge in [0, 0.05) is 0 Å². The van der Waals surface area contributed by atoms with Crippen LogP contribution in [0.5, 0.6) is 5.75 Å². The van der Waals surface area contributed by atoms with Crippen molar-refractivity contribution in [2.75, 3.05) is 0 Å². The summed E-state index contributed by atoms with van der Waals surface area (Å²) in [5, 5.41) is 9.51. The third kappa shape index (κ3) is 2.03. The summed E-state index contributed by atoms with van der Waals surface area (Å²) >= 11 is 0. The van der Waals surface area contributed by atoms with Gasteiger partial charge in [0.15, 0.2) is 0 Å². The normalized spacial score (nSPS) is 9.33. The van der Waals surface area contributed by atoms with Gasteiger partial charge in [0.1, 0.15) is 5.75 Å². The Hall–Kier alpha value is 0.0200. The molecule has 0 bridgehead atoms. The van der Waals surface area contributed by atoms with Crippen LogP contribution in [0.25, 0.3) is 0 Å². The molecule has 0 radical (unpaired) electrons. The summed E-state index contributed by atoms with van der Waals surface area (Å²) in [6.07, 6.45) is 0. The molecule has 0 aliphatic carbocycles. The van der Waals surface area contributed by atoms with Gasteiger partial charge < -0.3 is 5.11 Å². The molecule has 1 aromatic carbocycles. The van der Waals surface area contributed by atoms with E-state index in [0.29, 0.717) is 5.75 Å². The van der Waals surface area contributed by atoms with Crippen LogP contribution < -0.4 is 29.6 Å². The Labute approximate surface area is 96.1 Å². The van der Waals surface area contributed by atoms with Crippen molar-refractivity contribution in [3.63, 3.8) is 0 Å². The maximum Gasteiger partial charge on any atom is 1.00 e. The minimum absolute atomic E-state index is 0. The van der Waals surface area contributed by atoms with Crippen molar-refractivity contribution < 1.29 is 34.7 Å². The first-order valence-electron chi connectivity index (χ1n) is 3.80. The Morgan fingerprint density at radius 3 is 1.92 bits per heavy atom. The van der Waals surface area contributed by atoms with Gasteiger partial charge >= 0.3 is 29.6 Å². The van der Waals surface area contributed by atoms with Crippen molar-refractivity contribution in [3.05, 3.63) is 28.3 Å². The van der Waals surface area contributed by atoms with Crippen LogP contribution in [0.2, 0.25) is 0 Å². The molecule has 1 rings (SSSR count). The second kappa shape index (κ2) is 4.31. The van der Waals surface area contributed by atoms with Gasteiger partial charge in [0.2, 0.25) is 0 Å². The maximum atomic E-state index is 9.51. The van der Waals surface area contributed by atoms with Crippen molar-refractivity contribution in [1.82, 2.24) is 0 Å². The summed E-state index contributed by atoms with van der Waals surface area (Å²) in [6, 6.07) is 2.01. The Bertz CT molecular complexity index is 266. The van der Waals surface area contributed by atoms with Gasteiger partial charge in [-0.3, -0.25) is 0 Å². The van der Waals surface area contributed by atoms with Crippen molar-refractivity contribution in [1.29, 1.82) is 0 Å². The molecule has 0 unspecified atom stereocenters. The number of phenolic OH excluding ortho intramolecular Hbond substituents is 1. The van der Waals surface area contributed by atoms with Crippen molar-refractivity contribution in [2.45, 2.75) is 27.7 Å². The third-order valence-electron chi connectivity index (χ3n) is 2.32. The number of aryl methyl sites for hydroxylation is 2. The Morgan fingerprint density at radius 2 is 1.42 bits per heavy atom. The van der Waals surface area contributed by atoms with Gasteiger partial charge in [0.25, 0.3) is 0 Å². The van der Waals surface area contributed by atoms with Crippen LogP contribution in [0.4, 0.5) is 0 Å². The standard InChI is InChI=1S/C10H14O.Na/c1-6-5-7(2)10(11)9(4)8(6)3;/h5,11H,1-4H3;/q;+1. The fraction of sp³-hybridized carbons (Fsp3) is 0.400. The quantitative estimate of drug-likeness (QED) is 0.531. The van der Waals surface area contributed by atoms with Crippen molar-refractivity contribution in [3.8, 4) is 5.75 Å². The molecule has 12 heavy (non-hydrogen) atoms. The van der Waals surface area contributed by atoms with Gasteiger partial charge in [-0.1, -0.05) is 6.07 Å². The Morgan fingerprint density at radius 1 is 0.917 bits per heavy atom. The predicted molar refractivity (Wildman–Crippen MR) is 47.1 cm³/mol. The average molecular weight is 173 g/mol. The molecule has 0 spiro atoms. The zero-order valence-electron chi connectivity index (χ0n) is 8.52. The van der Waals surface area contributed by atoms with E-state index in [4.69, 9.17) is 0 Å². The molecule has 0 aromatic heterocycles. The molecule has 2 heteroatoms. The smallest absolute Gasteiger partial charge is 0.507 e. The molecular formula is C10H14NaO+. The van der Waals surface area contributed by atoms with E-state index in [1.807, 2.05) is 26.8 Å². The maximum absolute atomic E-state index is 9.51. The van der Waals surface area contributed by atoms with Gasteiger partial charge in [-0.15, -0.1) is 0 Å². The van der Waals surface area contributed by atoms with E-state index in [1.54, 1.807) is 0 Å². The monoisotopic (exact) mass is 173 g/mol. The van der Waals surface area contributed by atoms with E-state index in [9.17, 15) is 5.11 Å². The SMILES string of the molecule is Cc1cc(C)c(O)c(C)c1C.[Na+]. The average Bonchev–Trinajstić information content (AvgIpc) is 1.97. The van der Waals surface area contributed by atoms with Crippen LogP contribution in [0.3, 0.4) is 0 Å². The van der Waals surface area contributed by atoms with E-state index in [1.165, 1.54) is 11.1 Å². The molecule has 0 fully saturated rings. The summed E-state index contributed by atoms with van der Waals surface area (Å²) < 4.78 is 0. The Balaban J connectivity index is 0.00000121. The molecule has 0 heterocycles. The summed E-state index contributed by atoms with van der Waals surface area (Å²) in [7, 11) is 0. The number of hydrogen-bond acceptors (Lipinski definition) is 1. The molecule has 60 valence electrons. The molecule has 1 nitrogen and oxygen atoms in total. The van der Waals surface area contributed by atoms with Crippen molar-refractivity contribution in [2.24, 2.45) is 0 Å². The van der Waals surface area contributed by atoms with Crippen LogP contribution in [0, 0.1) is 27.7 Å². The molecule has 0 aliphatic rings. The van der Waals surface area contributed by atoms with E-state index in [0.717, 1.165) is 11.1 Å². The van der Waals surface area contributed by atoms with Crippen LogP contribution in [0.15, 0.2) is 6.07 Å². The second-order valence-corrected chi connectivity index (χ2v) is 3.11. The molecule has 0 saturated carbocycles. The molecule has 1 N–H and O–H groups in total. The molecule has 0 saturated heterocycles. The number of phenols is 1. The van der Waals surface area contributed by atoms with Crippen LogP contribution in [0.1, 0.15) is 22.3 Å². The molecule has 0 aliphatic heterocycles. The summed E-state index contributed by atoms with van der Waals surface area (Å²) in [5.41, 5.74) is 4.40. The van der Waals surface area contributed by atoms with Crippen LogP contribution in [-0.2, 0) is 0 Å². The predicted octanol–water partition coefficient (Wildman–Crippen LogP) is -0.370. The largest absolute Gasteiger partial charge is 1.00 e. The number of aromatic hydroxyl groups is 1. The fourth-order valence-electron chi connectivity index (χ4n) is 1.27. The second-order valence-electron chi connectivity index (χ2n) is 3.11. The van der Waals surface area contributed by atoms with Gasteiger partial charge in [-0.05, 0) is 49.9 Å². The Kier molecular flexibility index (Phi) is 4.32. The molecular weight excluding hydrogens is 159 g/mol. The first-order valence-corrected chi connectivity index (χ1v) is 3.80. The van der Waals surface area contributed by atoms with E-state index >= 15 is 0 Å². The first kappa shape index (κ1) is 12.0. The van der Waals surface area contributed by atoms with Gasteiger partial charge in [-0.25, -0.2) is 0 Å². The zero-order valence-corrected chi connectivity index (χ0v) is 10.5. The number of hydrogen-bond donors (Lipinski definition) is 1. The zero-order chi connectivity index (χ0) is 8.59. The minimum Gasteiger partial charge on any atom is -0.507 e. The molecule has 0 amide bonds. The molecule has 0 atom stereocenters. The number of rotatable bonds is 0. The fourth-order valence-corrected chi connectivity index (χ4v) is 1.27. The van der Waals surface area contributed by atoms with Crippen LogP contribution >= 0.6 is 0 Å².